The molecule has 0 aromatic heterocycles. The van der Waals surface area contributed by atoms with E-state index >= 15 is 0 Å². The number of rotatable bonds is 5. The van der Waals surface area contributed by atoms with E-state index in [4.69, 9.17) is 9.84 Å². The van der Waals surface area contributed by atoms with E-state index in [-0.39, 0.29) is 12.4 Å². The Hall–Kier alpha value is -2.96. The van der Waals surface area contributed by atoms with Crippen molar-refractivity contribution in [3.63, 3.8) is 0 Å². The first kappa shape index (κ1) is 14.4. The SMILES string of the molecule is O=C(O)c1c(OCc2cccc(F)c2)cccc1[N+](=O)[O-]. The van der Waals surface area contributed by atoms with Crippen LogP contribution in [0.3, 0.4) is 0 Å². The number of carboxylic acid groups (broad SMARTS) is 1. The van der Waals surface area contributed by atoms with Crippen molar-refractivity contribution in [3.8, 4) is 5.75 Å². The number of hydrogen-bond donors (Lipinski definition) is 1. The van der Waals surface area contributed by atoms with Crippen LogP contribution in [0, 0.1) is 15.9 Å². The van der Waals surface area contributed by atoms with Crippen molar-refractivity contribution in [1.29, 1.82) is 0 Å². The summed E-state index contributed by atoms with van der Waals surface area (Å²) in [5, 5.41) is 19.9. The fourth-order valence-electron chi connectivity index (χ4n) is 1.79. The molecule has 0 aliphatic rings. The van der Waals surface area contributed by atoms with Crippen LogP contribution >= 0.6 is 0 Å². The van der Waals surface area contributed by atoms with Gasteiger partial charge in [0.25, 0.3) is 5.69 Å². The van der Waals surface area contributed by atoms with Crippen LogP contribution in [0.2, 0.25) is 0 Å². The second-order valence-corrected chi connectivity index (χ2v) is 4.13. The van der Waals surface area contributed by atoms with Crippen LogP contribution in [0.4, 0.5) is 10.1 Å². The molecule has 0 saturated carbocycles. The summed E-state index contributed by atoms with van der Waals surface area (Å²) in [5.41, 5.74) is -0.601. The average Bonchev–Trinajstić information content (AvgIpc) is 2.44. The van der Waals surface area contributed by atoms with Crippen LogP contribution in [0.15, 0.2) is 42.5 Å². The third-order valence-electron chi connectivity index (χ3n) is 2.70. The topological polar surface area (TPSA) is 89.7 Å². The lowest BCUT2D eigenvalue weighted by molar-refractivity contribution is -0.385. The molecule has 7 heteroatoms. The van der Waals surface area contributed by atoms with E-state index in [0.717, 1.165) is 6.07 Å². The zero-order valence-electron chi connectivity index (χ0n) is 10.7. The molecule has 1 N–H and O–H groups in total. The van der Waals surface area contributed by atoms with Gasteiger partial charge in [-0.2, -0.15) is 0 Å². The highest BCUT2D eigenvalue weighted by molar-refractivity contribution is 5.95. The lowest BCUT2D eigenvalue weighted by atomic mass is 10.1. The monoisotopic (exact) mass is 291 g/mol. The Kier molecular flexibility index (Phi) is 4.13. The summed E-state index contributed by atoms with van der Waals surface area (Å²) in [4.78, 5) is 21.2. The Labute approximate surface area is 118 Å². The summed E-state index contributed by atoms with van der Waals surface area (Å²) < 4.78 is 18.3. The number of aromatic carboxylic acids is 1. The van der Waals surface area contributed by atoms with E-state index in [1.807, 2.05) is 0 Å². The number of carbonyl (C=O) groups is 1. The van der Waals surface area contributed by atoms with Gasteiger partial charge in [0.05, 0.1) is 4.92 Å². The largest absolute Gasteiger partial charge is 0.488 e. The number of ether oxygens (including phenoxy) is 1. The van der Waals surface area contributed by atoms with Gasteiger partial charge in [-0.3, -0.25) is 10.1 Å². The van der Waals surface area contributed by atoms with Crippen molar-refractivity contribution in [2.24, 2.45) is 0 Å². The molecule has 108 valence electrons. The Balaban J connectivity index is 2.30. The van der Waals surface area contributed by atoms with Gasteiger partial charge < -0.3 is 9.84 Å². The highest BCUT2D eigenvalue weighted by Crippen LogP contribution is 2.28. The molecule has 0 spiro atoms. The Morgan fingerprint density at radius 3 is 2.62 bits per heavy atom. The van der Waals surface area contributed by atoms with Crippen molar-refractivity contribution < 1.29 is 24.0 Å². The first-order valence-corrected chi connectivity index (χ1v) is 5.87. The molecule has 0 heterocycles. The number of nitro benzene ring substituents is 1. The average molecular weight is 291 g/mol. The quantitative estimate of drug-likeness (QED) is 0.675. The molecule has 6 nitrogen and oxygen atoms in total. The Morgan fingerprint density at radius 1 is 1.29 bits per heavy atom. The molecular formula is C14H10FNO5. The fourth-order valence-corrected chi connectivity index (χ4v) is 1.79. The van der Waals surface area contributed by atoms with Crippen LogP contribution in [0.25, 0.3) is 0 Å². The van der Waals surface area contributed by atoms with Gasteiger partial charge in [0, 0.05) is 6.07 Å². The van der Waals surface area contributed by atoms with Crippen LogP contribution < -0.4 is 4.74 Å². The maximum absolute atomic E-state index is 13.0. The minimum absolute atomic E-state index is 0.0980. The molecule has 2 rings (SSSR count). The van der Waals surface area contributed by atoms with E-state index in [1.54, 1.807) is 6.07 Å². The minimum atomic E-state index is -1.46. The van der Waals surface area contributed by atoms with Gasteiger partial charge in [0.2, 0.25) is 0 Å². The standard InChI is InChI=1S/C14H10FNO5/c15-10-4-1-3-9(7-10)8-21-12-6-2-5-11(16(19)20)13(12)14(17)18/h1-7H,8H2,(H,17,18). The maximum atomic E-state index is 13.0. The molecule has 0 radical (unpaired) electrons. The van der Waals surface area contributed by atoms with Crippen molar-refractivity contribution in [3.05, 3.63) is 69.5 Å². The van der Waals surface area contributed by atoms with Crippen molar-refractivity contribution in [2.75, 3.05) is 0 Å². The van der Waals surface area contributed by atoms with E-state index in [2.05, 4.69) is 0 Å². The van der Waals surface area contributed by atoms with Crippen molar-refractivity contribution in [2.45, 2.75) is 6.61 Å². The molecule has 0 aliphatic carbocycles. The second-order valence-electron chi connectivity index (χ2n) is 4.13. The van der Waals surface area contributed by atoms with Crippen molar-refractivity contribution in [1.82, 2.24) is 0 Å². The van der Waals surface area contributed by atoms with E-state index < -0.39 is 28.0 Å². The van der Waals surface area contributed by atoms with Gasteiger partial charge >= 0.3 is 5.97 Å². The fraction of sp³-hybridized carbons (Fsp3) is 0.0714. The first-order chi connectivity index (χ1) is 9.99. The number of carboxylic acids is 1. The number of nitro groups is 1. The predicted molar refractivity (Wildman–Crippen MR) is 70.8 cm³/mol. The summed E-state index contributed by atoms with van der Waals surface area (Å²) >= 11 is 0. The van der Waals surface area contributed by atoms with Gasteiger partial charge in [0.15, 0.2) is 5.56 Å². The normalized spacial score (nSPS) is 10.1. The molecule has 0 fully saturated rings. The third kappa shape index (κ3) is 3.33. The maximum Gasteiger partial charge on any atom is 0.346 e. The number of nitrogens with zero attached hydrogens (tertiary/aromatic N) is 1. The van der Waals surface area contributed by atoms with Gasteiger partial charge in [-0.15, -0.1) is 0 Å². The van der Waals surface area contributed by atoms with Crippen LogP contribution in [-0.2, 0) is 6.61 Å². The number of benzene rings is 2. The van der Waals surface area contributed by atoms with Crippen molar-refractivity contribution >= 4 is 11.7 Å². The zero-order chi connectivity index (χ0) is 15.4. The lowest BCUT2D eigenvalue weighted by Crippen LogP contribution is -2.07. The predicted octanol–water partition coefficient (Wildman–Crippen LogP) is 3.01. The van der Waals surface area contributed by atoms with Gasteiger partial charge in [-0.1, -0.05) is 18.2 Å². The molecule has 21 heavy (non-hydrogen) atoms. The highest BCUT2D eigenvalue weighted by Gasteiger charge is 2.24. The van der Waals surface area contributed by atoms with Gasteiger partial charge in [-0.05, 0) is 23.8 Å². The number of hydrogen-bond acceptors (Lipinski definition) is 4. The molecular weight excluding hydrogens is 281 g/mol. The molecule has 0 aliphatic heterocycles. The highest BCUT2D eigenvalue weighted by atomic mass is 19.1. The van der Waals surface area contributed by atoms with Gasteiger partial charge in [0.1, 0.15) is 18.2 Å². The first-order valence-electron chi connectivity index (χ1n) is 5.87. The summed E-state index contributed by atoms with van der Waals surface area (Å²) in [6.07, 6.45) is 0. The van der Waals surface area contributed by atoms with Gasteiger partial charge in [-0.25, -0.2) is 9.18 Å². The van der Waals surface area contributed by atoms with Crippen LogP contribution in [0.1, 0.15) is 15.9 Å². The molecule has 2 aromatic carbocycles. The third-order valence-corrected chi connectivity index (χ3v) is 2.70. The van der Waals surface area contributed by atoms with Crippen LogP contribution in [-0.4, -0.2) is 16.0 Å². The zero-order valence-corrected chi connectivity index (χ0v) is 10.7. The minimum Gasteiger partial charge on any atom is -0.488 e. The second kappa shape index (κ2) is 6.00. The Morgan fingerprint density at radius 2 is 2.00 bits per heavy atom. The van der Waals surface area contributed by atoms with E-state index in [1.165, 1.54) is 30.3 Å². The molecule has 0 atom stereocenters. The molecule has 0 unspecified atom stereocenters. The summed E-state index contributed by atoms with van der Waals surface area (Å²) in [6.45, 7) is -0.0980. The smallest absolute Gasteiger partial charge is 0.346 e. The molecule has 0 amide bonds. The molecule has 2 aromatic rings. The summed E-state index contributed by atoms with van der Waals surface area (Å²) in [6, 6.07) is 9.30. The summed E-state index contributed by atoms with van der Waals surface area (Å²) in [7, 11) is 0. The van der Waals surface area contributed by atoms with E-state index in [0.29, 0.717) is 5.56 Å². The molecule has 0 saturated heterocycles. The lowest BCUT2D eigenvalue weighted by Gasteiger charge is -2.09. The van der Waals surface area contributed by atoms with Crippen LogP contribution in [0.5, 0.6) is 5.75 Å². The number of halogens is 1. The summed E-state index contributed by atoms with van der Waals surface area (Å²) in [5.74, 6) is -2.05. The Bertz CT molecular complexity index is 702. The van der Waals surface area contributed by atoms with E-state index in [9.17, 15) is 19.3 Å². The molecule has 0 bridgehead atoms.